The van der Waals surface area contributed by atoms with Gasteiger partial charge in [0.2, 0.25) is 0 Å². The number of carbonyl (C=O) groups excluding carboxylic acids is 1. The Morgan fingerprint density at radius 2 is 1.76 bits per heavy atom. The van der Waals surface area contributed by atoms with Crippen LogP contribution in [-0.2, 0) is 9.63 Å². The zero-order valence-electron chi connectivity index (χ0n) is 24.6. The second-order valence-corrected chi connectivity index (χ2v) is 8.84. The van der Waals surface area contributed by atoms with Crippen molar-refractivity contribution in [2.24, 2.45) is 5.16 Å². The van der Waals surface area contributed by atoms with E-state index in [9.17, 15) is 4.79 Å². The molecule has 1 amide bonds. The van der Waals surface area contributed by atoms with Crippen molar-refractivity contribution in [1.29, 1.82) is 5.41 Å². The molecule has 1 aliphatic heterocycles. The molecule has 9 nitrogen and oxygen atoms in total. The second-order valence-electron chi connectivity index (χ2n) is 7.95. The number of carbonyl (C=O) groups is 1. The number of amides is 1. The van der Waals surface area contributed by atoms with Gasteiger partial charge < -0.3 is 30.9 Å². The van der Waals surface area contributed by atoms with Gasteiger partial charge in [0.05, 0.1) is 11.6 Å². The molecule has 0 radical (unpaired) electrons. The van der Waals surface area contributed by atoms with Crippen molar-refractivity contribution in [3.8, 4) is 5.75 Å². The molecule has 0 aliphatic carbocycles. The lowest BCUT2D eigenvalue weighted by atomic mass is 9.80. The van der Waals surface area contributed by atoms with Crippen molar-refractivity contribution < 1.29 is 14.4 Å². The van der Waals surface area contributed by atoms with Crippen LogP contribution in [0.1, 0.15) is 73.6 Å². The Hall–Kier alpha value is -3.40. The molecule has 3 rings (SSSR count). The highest BCUT2D eigenvalue weighted by atomic mass is 32.1. The standard InChI is InChI=1S/C22H28N6O3S.3C2H6/c1-13(23)15-6-8-16(9-7-15)30-10-11-31-27-18(17-12-32-21(24)25-17)20(29)26-19-14(2)28(5)22(19,3)4;3*1-2/h6-9,12,19,23H,2,10-11H2,1,3-5H3,(H2,24,25)(H,26,29);3*1-2H3/b23-13?,27-18-;;;/t19-;;;/m1.../s1. The summed E-state index contributed by atoms with van der Waals surface area (Å²) in [4.78, 5) is 24.5. The minimum absolute atomic E-state index is 0.0434. The van der Waals surface area contributed by atoms with E-state index in [1.54, 1.807) is 24.4 Å². The minimum atomic E-state index is -0.416. The number of likely N-dealkylation sites (N-methyl/N-ethyl adjacent to an activating group) is 1. The van der Waals surface area contributed by atoms with Gasteiger partial charge in [0.25, 0.3) is 5.91 Å². The quantitative estimate of drug-likeness (QED) is 0.210. The molecule has 1 aromatic heterocycles. The molecule has 0 spiro atoms. The number of likely N-dealkylation sites (tertiary alicyclic amines) is 1. The third-order valence-corrected chi connectivity index (χ3v) is 6.15. The summed E-state index contributed by atoms with van der Waals surface area (Å²) < 4.78 is 5.62. The van der Waals surface area contributed by atoms with E-state index in [4.69, 9.17) is 20.7 Å². The molecular weight excluding hydrogens is 500 g/mol. The summed E-state index contributed by atoms with van der Waals surface area (Å²) in [6.07, 6.45) is 0. The first-order chi connectivity index (χ1) is 18.1. The summed E-state index contributed by atoms with van der Waals surface area (Å²) in [5, 5.41) is 16.6. The van der Waals surface area contributed by atoms with Crippen LogP contribution in [0.4, 0.5) is 5.13 Å². The maximum atomic E-state index is 13.0. The highest BCUT2D eigenvalue weighted by Crippen LogP contribution is 2.36. The van der Waals surface area contributed by atoms with Gasteiger partial charge in [0.1, 0.15) is 18.1 Å². The van der Waals surface area contributed by atoms with E-state index in [2.05, 4.69) is 22.0 Å². The summed E-state index contributed by atoms with van der Waals surface area (Å²) in [7, 11) is 1.93. The van der Waals surface area contributed by atoms with E-state index in [0.717, 1.165) is 11.3 Å². The first-order valence-electron chi connectivity index (χ1n) is 13.0. The van der Waals surface area contributed by atoms with E-state index in [-0.39, 0.29) is 30.5 Å². The number of hydrogen-bond donors (Lipinski definition) is 3. The number of rotatable bonds is 9. The average molecular weight is 547 g/mol. The maximum Gasteiger partial charge on any atom is 0.276 e. The Bertz CT molecular complexity index is 1050. The number of nitrogen functional groups attached to an aromatic ring is 1. The van der Waals surface area contributed by atoms with Crippen LogP contribution in [0.2, 0.25) is 0 Å². The molecule has 0 saturated carbocycles. The number of nitrogens with two attached hydrogens (primary N) is 1. The lowest BCUT2D eigenvalue weighted by molar-refractivity contribution is -0.117. The summed E-state index contributed by atoms with van der Waals surface area (Å²) in [5.74, 6) is 0.240. The Kier molecular flexibility index (Phi) is 15.6. The molecule has 10 heteroatoms. The molecule has 1 aromatic carbocycles. The SMILES string of the molecule is C=C1[C@@H](NC(=O)/C(=N\OCCOc2ccc(C(C)=N)cc2)c2csc(N)n2)C(C)(C)N1C.CC.CC.CC. The molecule has 38 heavy (non-hydrogen) atoms. The topological polar surface area (TPSA) is 126 Å². The lowest BCUT2D eigenvalue weighted by Gasteiger charge is -2.56. The molecule has 4 N–H and O–H groups in total. The molecule has 0 unspecified atom stereocenters. The normalized spacial score (nSPS) is 15.2. The molecular formula is C28H46N6O3S. The van der Waals surface area contributed by atoms with E-state index >= 15 is 0 Å². The minimum Gasteiger partial charge on any atom is -0.490 e. The molecule has 1 fully saturated rings. The van der Waals surface area contributed by atoms with Crippen molar-refractivity contribution in [3.63, 3.8) is 0 Å². The fraction of sp³-hybridized carbons (Fsp3) is 0.500. The van der Waals surface area contributed by atoms with Crippen LogP contribution in [0.25, 0.3) is 0 Å². The predicted molar refractivity (Wildman–Crippen MR) is 160 cm³/mol. The summed E-state index contributed by atoms with van der Waals surface area (Å²) in [6.45, 7) is 22.2. The molecule has 1 aliphatic rings. The smallest absolute Gasteiger partial charge is 0.276 e. The molecule has 0 bridgehead atoms. The number of oxime groups is 1. The number of anilines is 1. The summed E-state index contributed by atoms with van der Waals surface area (Å²) in [6, 6.07) is 6.99. The fourth-order valence-corrected chi connectivity index (χ4v) is 3.82. The zero-order chi connectivity index (χ0) is 29.5. The highest BCUT2D eigenvalue weighted by Gasteiger charge is 2.48. The van der Waals surface area contributed by atoms with E-state index in [0.29, 0.717) is 22.3 Å². The fourth-order valence-electron chi connectivity index (χ4n) is 3.27. The molecule has 212 valence electrons. The van der Waals surface area contributed by atoms with Crippen molar-refractivity contribution in [1.82, 2.24) is 15.2 Å². The van der Waals surface area contributed by atoms with Gasteiger partial charge in [0, 0.05) is 23.8 Å². The van der Waals surface area contributed by atoms with Crippen molar-refractivity contribution >= 4 is 33.8 Å². The number of aromatic nitrogens is 1. The van der Waals surface area contributed by atoms with Gasteiger partial charge in [-0.3, -0.25) is 4.79 Å². The highest BCUT2D eigenvalue weighted by molar-refractivity contribution is 7.13. The van der Waals surface area contributed by atoms with Crippen LogP contribution in [0.15, 0.2) is 47.1 Å². The van der Waals surface area contributed by atoms with Crippen LogP contribution in [0.3, 0.4) is 0 Å². The predicted octanol–water partition coefficient (Wildman–Crippen LogP) is 5.71. The van der Waals surface area contributed by atoms with Crippen LogP contribution in [0.5, 0.6) is 5.75 Å². The Balaban J connectivity index is 0.00000213. The molecule has 2 heterocycles. The van der Waals surface area contributed by atoms with Gasteiger partial charge in [-0.15, -0.1) is 11.3 Å². The van der Waals surface area contributed by atoms with Crippen LogP contribution < -0.4 is 15.8 Å². The Morgan fingerprint density at radius 3 is 2.24 bits per heavy atom. The Morgan fingerprint density at radius 1 is 1.18 bits per heavy atom. The van der Waals surface area contributed by atoms with E-state index in [1.165, 1.54) is 11.3 Å². The van der Waals surface area contributed by atoms with Crippen LogP contribution in [-0.4, -0.2) is 59.1 Å². The Labute approximate surface area is 232 Å². The van der Waals surface area contributed by atoms with Gasteiger partial charge in [-0.1, -0.05) is 53.3 Å². The van der Waals surface area contributed by atoms with Gasteiger partial charge in [-0.2, -0.15) is 0 Å². The van der Waals surface area contributed by atoms with Crippen molar-refractivity contribution in [2.75, 3.05) is 26.0 Å². The number of ether oxygens (including phenoxy) is 1. The average Bonchev–Trinajstić information content (AvgIpc) is 3.37. The van der Waals surface area contributed by atoms with Crippen LogP contribution >= 0.6 is 11.3 Å². The third kappa shape index (κ3) is 9.16. The van der Waals surface area contributed by atoms with Gasteiger partial charge in [-0.25, -0.2) is 4.98 Å². The lowest BCUT2D eigenvalue weighted by Crippen LogP contribution is -2.69. The first kappa shape index (κ1) is 34.6. The third-order valence-electron chi connectivity index (χ3n) is 5.48. The molecule has 1 saturated heterocycles. The zero-order valence-corrected chi connectivity index (χ0v) is 25.5. The molecule has 2 aromatic rings. The second kappa shape index (κ2) is 17.2. The summed E-state index contributed by atoms with van der Waals surface area (Å²) in [5.41, 5.74) is 8.00. The number of hydrogen-bond acceptors (Lipinski definition) is 9. The van der Waals surface area contributed by atoms with Gasteiger partial charge in [0.15, 0.2) is 17.5 Å². The number of nitrogens with zero attached hydrogens (tertiary/aromatic N) is 3. The van der Waals surface area contributed by atoms with Crippen LogP contribution in [0, 0.1) is 5.41 Å². The first-order valence-corrected chi connectivity index (χ1v) is 13.9. The number of benzene rings is 1. The maximum absolute atomic E-state index is 13.0. The van der Waals surface area contributed by atoms with Gasteiger partial charge in [-0.05, 0) is 50.6 Å². The number of nitrogens with one attached hydrogen (secondary N) is 2. The summed E-state index contributed by atoms with van der Waals surface area (Å²) >= 11 is 1.22. The van der Waals surface area contributed by atoms with Crippen molar-refractivity contribution in [2.45, 2.75) is 73.9 Å². The van der Waals surface area contributed by atoms with E-state index < -0.39 is 5.91 Å². The van der Waals surface area contributed by atoms with Crippen molar-refractivity contribution in [3.05, 3.63) is 53.2 Å². The monoisotopic (exact) mass is 546 g/mol. The van der Waals surface area contributed by atoms with Gasteiger partial charge >= 0.3 is 0 Å². The van der Waals surface area contributed by atoms with E-state index in [1.807, 2.05) is 79.5 Å². The molecule has 1 atom stereocenters. The largest absolute Gasteiger partial charge is 0.490 e. The number of thiazole rings is 1.